The summed E-state index contributed by atoms with van der Waals surface area (Å²) >= 11 is 0.428. The highest BCUT2D eigenvalue weighted by molar-refractivity contribution is 7.99. The minimum Gasteiger partial charge on any atom is -0.469 e. The first-order valence-corrected chi connectivity index (χ1v) is 8.82. The quantitative estimate of drug-likeness (QED) is 0.509. The molecule has 2 rings (SSSR count). The second-order valence-corrected chi connectivity index (χ2v) is 6.50. The molecule has 4 nitrogen and oxygen atoms in total. The first kappa shape index (κ1) is 19.9. The van der Waals surface area contributed by atoms with Crippen LogP contribution in [0.2, 0.25) is 0 Å². The Morgan fingerprint density at radius 3 is 2.31 bits per heavy atom. The first-order valence-electron chi connectivity index (χ1n) is 7.94. The fraction of sp³-hybridized carbons (Fsp3) is 0.263. The Hall–Kier alpha value is -2.41. The molecule has 0 saturated carbocycles. The van der Waals surface area contributed by atoms with Gasteiger partial charge in [-0.05, 0) is 29.8 Å². The van der Waals surface area contributed by atoms with E-state index < -0.39 is 11.7 Å². The van der Waals surface area contributed by atoms with Crippen LogP contribution in [0.5, 0.6) is 0 Å². The van der Waals surface area contributed by atoms with Crippen molar-refractivity contribution in [3.8, 4) is 0 Å². The number of ether oxygens (including phenoxy) is 1. The lowest BCUT2D eigenvalue weighted by Gasteiger charge is -2.22. The van der Waals surface area contributed by atoms with E-state index in [0.717, 1.165) is 5.56 Å². The summed E-state index contributed by atoms with van der Waals surface area (Å²) in [6.07, 6.45) is 0.0778. The van der Waals surface area contributed by atoms with E-state index in [1.807, 2.05) is 30.3 Å². The molecule has 0 saturated heterocycles. The van der Waals surface area contributed by atoms with Crippen molar-refractivity contribution >= 4 is 23.6 Å². The summed E-state index contributed by atoms with van der Waals surface area (Å²) in [6.45, 7) is 0.540. The molecule has 0 aliphatic carbocycles. The van der Waals surface area contributed by atoms with Gasteiger partial charge in [0, 0.05) is 23.5 Å². The van der Waals surface area contributed by atoms with E-state index in [2.05, 4.69) is 4.74 Å². The molecule has 2 aromatic carbocycles. The van der Waals surface area contributed by atoms with Crippen molar-refractivity contribution < 1.29 is 23.1 Å². The van der Waals surface area contributed by atoms with Crippen LogP contribution in [-0.2, 0) is 16.1 Å². The standard InChI is InChI=1S/C19H19F2NO3S/c1-25-17(23)11-12-22(13-14-5-3-2-4-6-14)18(24)15-7-9-16(10-8-15)26-19(20)21/h2-10,19H,11-13H2,1H3. The van der Waals surface area contributed by atoms with E-state index in [1.54, 1.807) is 4.90 Å². The molecule has 0 heterocycles. The Bertz CT molecular complexity index is 723. The summed E-state index contributed by atoms with van der Waals surface area (Å²) in [6, 6.07) is 15.4. The van der Waals surface area contributed by atoms with Crippen LogP contribution >= 0.6 is 11.8 Å². The molecule has 0 aliphatic rings. The zero-order valence-electron chi connectivity index (χ0n) is 14.2. The molecule has 0 unspecified atom stereocenters. The van der Waals surface area contributed by atoms with Gasteiger partial charge in [0.25, 0.3) is 11.7 Å². The Kier molecular flexibility index (Phi) is 7.59. The number of hydrogen-bond acceptors (Lipinski definition) is 4. The molecule has 138 valence electrons. The first-order chi connectivity index (χ1) is 12.5. The molecule has 2 aromatic rings. The number of thioether (sulfide) groups is 1. The van der Waals surface area contributed by atoms with Gasteiger partial charge in [-0.2, -0.15) is 8.78 Å². The third-order valence-electron chi connectivity index (χ3n) is 3.64. The van der Waals surface area contributed by atoms with Gasteiger partial charge < -0.3 is 9.64 Å². The number of methoxy groups -OCH3 is 1. The third-order valence-corrected chi connectivity index (χ3v) is 4.37. The zero-order chi connectivity index (χ0) is 18.9. The highest BCUT2D eigenvalue weighted by Gasteiger charge is 2.18. The molecular formula is C19H19F2NO3S. The Labute approximate surface area is 155 Å². The molecule has 0 fully saturated rings. The number of carbonyl (C=O) groups is 2. The van der Waals surface area contributed by atoms with Gasteiger partial charge in [0.1, 0.15) is 0 Å². The predicted octanol–water partition coefficient (Wildman–Crippen LogP) is 4.21. The smallest absolute Gasteiger partial charge is 0.307 e. The highest BCUT2D eigenvalue weighted by atomic mass is 32.2. The average molecular weight is 379 g/mol. The number of rotatable bonds is 8. The number of hydrogen-bond donors (Lipinski definition) is 0. The summed E-state index contributed by atoms with van der Waals surface area (Å²) in [5.74, 6) is -3.18. The van der Waals surface area contributed by atoms with Crippen molar-refractivity contribution in [1.82, 2.24) is 4.90 Å². The van der Waals surface area contributed by atoms with E-state index in [0.29, 0.717) is 28.8 Å². The van der Waals surface area contributed by atoms with Crippen molar-refractivity contribution in [2.45, 2.75) is 23.6 Å². The molecule has 1 amide bonds. The molecule has 0 aromatic heterocycles. The molecular weight excluding hydrogens is 360 g/mol. The lowest BCUT2D eigenvalue weighted by molar-refractivity contribution is -0.140. The topological polar surface area (TPSA) is 46.6 Å². The van der Waals surface area contributed by atoms with Crippen LogP contribution in [0, 0.1) is 0 Å². The SMILES string of the molecule is COC(=O)CCN(Cc1ccccc1)C(=O)c1ccc(SC(F)F)cc1. The number of benzene rings is 2. The van der Waals surface area contributed by atoms with E-state index in [9.17, 15) is 18.4 Å². The van der Waals surface area contributed by atoms with Gasteiger partial charge in [-0.25, -0.2) is 0 Å². The maximum atomic E-state index is 12.8. The molecule has 0 atom stereocenters. The van der Waals surface area contributed by atoms with Crippen LogP contribution in [-0.4, -0.2) is 36.2 Å². The molecule has 7 heteroatoms. The van der Waals surface area contributed by atoms with E-state index in [4.69, 9.17) is 0 Å². The van der Waals surface area contributed by atoms with Gasteiger partial charge in [-0.3, -0.25) is 9.59 Å². The van der Waals surface area contributed by atoms with Crippen LogP contribution in [0.25, 0.3) is 0 Å². The van der Waals surface area contributed by atoms with Crippen molar-refractivity contribution in [3.05, 3.63) is 65.7 Å². The molecule has 0 N–H and O–H groups in total. The second kappa shape index (κ2) is 9.91. The molecule has 0 spiro atoms. The zero-order valence-corrected chi connectivity index (χ0v) is 15.0. The van der Waals surface area contributed by atoms with Gasteiger partial charge in [-0.15, -0.1) is 0 Å². The van der Waals surface area contributed by atoms with Crippen molar-refractivity contribution in [1.29, 1.82) is 0 Å². The number of carbonyl (C=O) groups excluding carboxylic acids is 2. The van der Waals surface area contributed by atoms with Gasteiger partial charge in [-0.1, -0.05) is 42.1 Å². The molecule has 26 heavy (non-hydrogen) atoms. The molecule has 0 bridgehead atoms. The summed E-state index contributed by atoms with van der Waals surface area (Å²) in [4.78, 5) is 26.2. The fourth-order valence-electron chi connectivity index (χ4n) is 2.35. The van der Waals surface area contributed by atoms with Crippen molar-refractivity contribution in [2.75, 3.05) is 13.7 Å². The minimum atomic E-state index is -2.51. The van der Waals surface area contributed by atoms with Crippen LogP contribution in [0.1, 0.15) is 22.3 Å². The normalized spacial score (nSPS) is 10.6. The van der Waals surface area contributed by atoms with Gasteiger partial charge in [0.05, 0.1) is 13.5 Å². The fourth-order valence-corrected chi connectivity index (χ4v) is 2.84. The van der Waals surface area contributed by atoms with E-state index in [-0.39, 0.29) is 18.9 Å². The Morgan fingerprint density at radius 2 is 1.73 bits per heavy atom. The Morgan fingerprint density at radius 1 is 1.08 bits per heavy atom. The maximum Gasteiger partial charge on any atom is 0.307 e. The number of alkyl halides is 2. The van der Waals surface area contributed by atoms with E-state index >= 15 is 0 Å². The largest absolute Gasteiger partial charge is 0.469 e. The maximum absolute atomic E-state index is 12.8. The average Bonchev–Trinajstić information content (AvgIpc) is 2.65. The van der Waals surface area contributed by atoms with Gasteiger partial charge >= 0.3 is 5.97 Å². The third kappa shape index (κ3) is 6.15. The van der Waals surface area contributed by atoms with Crippen LogP contribution in [0.15, 0.2) is 59.5 Å². The lowest BCUT2D eigenvalue weighted by atomic mass is 10.1. The van der Waals surface area contributed by atoms with Gasteiger partial charge in [0.2, 0.25) is 0 Å². The van der Waals surface area contributed by atoms with E-state index in [1.165, 1.54) is 31.4 Å². The highest BCUT2D eigenvalue weighted by Crippen LogP contribution is 2.25. The lowest BCUT2D eigenvalue weighted by Crippen LogP contribution is -2.32. The molecule has 0 radical (unpaired) electrons. The van der Waals surface area contributed by atoms with Crippen molar-refractivity contribution in [3.63, 3.8) is 0 Å². The predicted molar refractivity (Wildman–Crippen MR) is 96.1 cm³/mol. The summed E-state index contributed by atoms with van der Waals surface area (Å²) in [7, 11) is 1.30. The number of nitrogens with zero attached hydrogens (tertiary/aromatic N) is 1. The number of amides is 1. The second-order valence-electron chi connectivity index (χ2n) is 5.44. The van der Waals surface area contributed by atoms with Crippen LogP contribution < -0.4 is 0 Å². The van der Waals surface area contributed by atoms with Crippen LogP contribution in [0.4, 0.5) is 8.78 Å². The molecule has 0 aliphatic heterocycles. The number of esters is 1. The monoisotopic (exact) mass is 379 g/mol. The minimum absolute atomic E-state index is 0.0778. The van der Waals surface area contributed by atoms with Crippen LogP contribution in [0.3, 0.4) is 0 Å². The Balaban J connectivity index is 2.14. The summed E-state index contributed by atoms with van der Waals surface area (Å²) in [5.41, 5.74) is 1.31. The van der Waals surface area contributed by atoms with Gasteiger partial charge in [0.15, 0.2) is 0 Å². The summed E-state index contributed by atoms with van der Waals surface area (Å²) in [5, 5.41) is 0. The number of halogens is 2. The van der Waals surface area contributed by atoms with Crippen molar-refractivity contribution in [2.24, 2.45) is 0 Å². The summed E-state index contributed by atoms with van der Waals surface area (Å²) < 4.78 is 29.4.